The molecular formula is C21H19NO7. The summed E-state index contributed by atoms with van der Waals surface area (Å²) < 4.78 is 21.0. The van der Waals surface area contributed by atoms with Gasteiger partial charge in [-0.15, -0.1) is 0 Å². The average molecular weight is 397 g/mol. The van der Waals surface area contributed by atoms with E-state index in [1.54, 1.807) is 30.3 Å². The lowest BCUT2D eigenvalue weighted by Crippen LogP contribution is -2.00. The third kappa shape index (κ3) is 4.21. The van der Waals surface area contributed by atoms with Crippen LogP contribution in [0.15, 0.2) is 48.0 Å². The molecule has 1 aliphatic rings. The Morgan fingerprint density at radius 2 is 1.76 bits per heavy atom. The SMILES string of the molecule is CCOc1ccc(C2=C/C(=C/c3cc(OC)c(OC)cc3[N+](=O)[O-])C(=O)O2)cc1. The summed E-state index contributed by atoms with van der Waals surface area (Å²) in [5, 5.41) is 11.5. The van der Waals surface area contributed by atoms with Gasteiger partial charge in [-0.1, -0.05) is 0 Å². The Hall–Kier alpha value is -3.81. The summed E-state index contributed by atoms with van der Waals surface area (Å²) in [7, 11) is 2.81. The smallest absolute Gasteiger partial charge is 0.343 e. The number of rotatable bonds is 7. The molecule has 0 atom stereocenters. The molecule has 0 aliphatic carbocycles. The predicted molar refractivity (Wildman–Crippen MR) is 106 cm³/mol. The summed E-state index contributed by atoms with van der Waals surface area (Å²) in [6, 6.07) is 9.78. The second kappa shape index (κ2) is 8.47. The van der Waals surface area contributed by atoms with Gasteiger partial charge in [0.25, 0.3) is 5.69 Å². The van der Waals surface area contributed by atoms with Gasteiger partial charge in [0.1, 0.15) is 11.5 Å². The van der Waals surface area contributed by atoms with E-state index in [0.29, 0.717) is 29.4 Å². The second-order valence-corrected chi connectivity index (χ2v) is 5.98. The normalized spacial score (nSPS) is 14.4. The average Bonchev–Trinajstić information content (AvgIpc) is 3.08. The highest BCUT2D eigenvalue weighted by Crippen LogP contribution is 2.37. The number of carbonyl (C=O) groups is 1. The lowest BCUT2D eigenvalue weighted by molar-refractivity contribution is -0.385. The third-order valence-electron chi connectivity index (χ3n) is 4.22. The number of hydrogen-bond donors (Lipinski definition) is 0. The quantitative estimate of drug-likeness (QED) is 0.301. The molecule has 29 heavy (non-hydrogen) atoms. The number of nitro benzene ring substituents is 1. The van der Waals surface area contributed by atoms with Gasteiger partial charge >= 0.3 is 5.97 Å². The van der Waals surface area contributed by atoms with Crippen LogP contribution in [0.5, 0.6) is 17.2 Å². The summed E-state index contributed by atoms with van der Waals surface area (Å²) in [6.45, 7) is 2.44. The molecule has 8 heteroatoms. The van der Waals surface area contributed by atoms with Crippen LogP contribution in [-0.4, -0.2) is 31.7 Å². The molecule has 0 spiro atoms. The molecule has 3 rings (SSSR count). The Bertz CT molecular complexity index is 1010. The van der Waals surface area contributed by atoms with Crippen LogP contribution >= 0.6 is 0 Å². The molecule has 8 nitrogen and oxygen atoms in total. The first-order valence-electron chi connectivity index (χ1n) is 8.76. The number of methoxy groups -OCH3 is 2. The van der Waals surface area contributed by atoms with Crippen LogP contribution in [-0.2, 0) is 9.53 Å². The largest absolute Gasteiger partial charge is 0.494 e. The van der Waals surface area contributed by atoms with Crippen molar-refractivity contribution < 1.29 is 28.7 Å². The fraction of sp³-hybridized carbons (Fsp3) is 0.190. The molecular weight excluding hydrogens is 378 g/mol. The van der Waals surface area contributed by atoms with E-state index in [9.17, 15) is 14.9 Å². The highest BCUT2D eigenvalue weighted by molar-refractivity contribution is 6.05. The lowest BCUT2D eigenvalue weighted by Gasteiger charge is -2.08. The van der Waals surface area contributed by atoms with E-state index >= 15 is 0 Å². The molecule has 0 amide bonds. The number of nitro groups is 1. The molecule has 2 aromatic carbocycles. The van der Waals surface area contributed by atoms with Gasteiger partial charge in [-0.2, -0.15) is 0 Å². The van der Waals surface area contributed by atoms with Gasteiger partial charge in [0, 0.05) is 5.56 Å². The molecule has 0 unspecified atom stereocenters. The predicted octanol–water partition coefficient (Wildman–Crippen LogP) is 3.99. The maximum Gasteiger partial charge on any atom is 0.343 e. The molecule has 1 aliphatic heterocycles. The van der Waals surface area contributed by atoms with Gasteiger partial charge < -0.3 is 18.9 Å². The molecule has 0 radical (unpaired) electrons. The van der Waals surface area contributed by atoms with Gasteiger partial charge in [0.2, 0.25) is 0 Å². The number of cyclic esters (lactones) is 1. The molecule has 150 valence electrons. The first-order chi connectivity index (χ1) is 14.0. The first kappa shape index (κ1) is 19.9. The summed E-state index contributed by atoms with van der Waals surface area (Å²) in [5.74, 6) is 0.997. The van der Waals surface area contributed by atoms with E-state index in [1.165, 1.54) is 32.4 Å². The van der Waals surface area contributed by atoms with Gasteiger partial charge in [0.15, 0.2) is 11.5 Å². The van der Waals surface area contributed by atoms with Crippen LogP contribution in [0.1, 0.15) is 18.1 Å². The van der Waals surface area contributed by atoms with E-state index in [0.717, 1.165) is 0 Å². The van der Waals surface area contributed by atoms with E-state index < -0.39 is 10.9 Å². The Balaban J connectivity index is 1.99. The minimum Gasteiger partial charge on any atom is -0.494 e. The zero-order valence-electron chi connectivity index (χ0n) is 16.1. The van der Waals surface area contributed by atoms with Gasteiger partial charge in [0.05, 0.1) is 43.0 Å². The van der Waals surface area contributed by atoms with Crippen molar-refractivity contribution in [3.63, 3.8) is 0 Å². The molecule has 0 N–H and O–H groups in total. The first-order valence-corrected chi connectivity index (χ1v) is 8.76. The van der Waals surface area contributed by atoms with Crippen LogP contribution < -0.4 is 14.2 Å². The Morgan fingerprint density at radius 1 is 1.10 bits per heavy atom. The number of carbonyl (C=O) groups excluding carboxylic acids is 1. The Kier molecular flexibility index (Phi) is 5.82. The van der Waals surface area contributed by atoms with Crippen LogP contribution in [0.4, 0.5) is 5.69 Å². The van der Waals surface area contributed by atoms with Crippen LogP contribution in [0.2, 0.25) is 0 Å². The monoisotopic (exact) mass is 397 g/mol. The number of nitrogens with zero attached hydrogens (tertiary/aromatic N) is 1. The number of hydrogen-bond acceptors (Lipinski definition) is 7. The topological polar surface area (TPSA) is 97.1 Å². The fourth-order valence-corrected chi connectivity index (χ4v) is 2.84. The minimum atomic E-state index is -0.599. The maximum atomic E-state index is 12.3. The summed E-state index contributed by atoms with van der Waals surface area (Å²) in [6.07, 6.45) is 2.93. The van der Waals surface area contributed by atoms with Gasteiger partial charge in [-0.25, -0.2) is 4.79 Å². The Morgan fingerprint density at radius 3 is 2.34 bits per heavy atom. The highest BCUT2D eigenvalue weighted by Gasteiger charge is 2.25. The van der Waals surface area contributed by atoms with Crippen molar-refractivity contribution in [2.24, 2.45) is 0 Å². The van der Waals surface area contributed by atoms with E-state index in [-0.39, 0.29) is 22.6 Å². The van der Waals surface area contributed by atoms with Crippen molar-refractivity contribution in [2.75, 3.05) is 20.8 Å². The maximum absolute atomic E-state index is 12.3. The third-order valence-corrected chi connectivity index (χ3v) is 4.22. The Labute approximate surface area is 167 Å². The molecule has 0 saturated carbocycles. The van der Waals surface area contributed by atoms with Crippen LogP contribution in [0.3, 0.4) is 0 Å². The van der Waals surface area contributed by atoms with E-state index in [4.69, 9.17) is 18.9 Å². The molecule has 0 saturated heterocycles. The summed E-state index contributed by atoms with van der Waals surface area (Å²) >= 11 is 0. The number of ether oxygens (including phenoxy) is 4. The van der Waals surface area contributed by atoms with Crippen molar-refractivity contribution in [2.45, 2.75) is 6.92 Å². The van der Waals surface area contributed by atoms with Gasteiger partial charge in [-0.05, 0) is 49.4 Å². The van der Waals surface area contributed by atoms with Crippen molar-refractivity contribution in [3.8, 4) is 17.2 Å². The summed E-state index contributed by atoms with van der Waals surface area (Å²) in [5.41, 5.74) is 0.853. The van der Waals surface area contributed by atoms with Crippen LogP contribution in [0, 0.1) is 10.1 Å². The summed E-state index contributed by atoms with van der Waals surface area (Å²) in [4.78, 5) is 23.2. The van der Waals surface area contributed by atoms with Crippen molar-refractivity contribution in [1.82, 2.24) is 0 Å². The molecule has 0 aromatic heterocycles. The zero-order chi connectivity index (χ0) is 21.0. The molecule has 1 heterocycles. The number of benzene rings is 2. The van der Waals surface area contributed by atoms with Crippen molar-refractivity contribution in [1.29, 1.82) is 0 Å². The standard InChI is InChI=1S/C21H19NO7/c1-4-28-16-7-5-13(6-8-16)18-11-15(21(23)29-18)9-14-10-19(26-2)20(27-3)12-17(14)22(24)25/h5-12H,4H2,1-3H3/b15-9-. The van der Waals surface area contributed by atoms with Crippen molar-refractivity contribution in [3.05, 3.63) is 69.3 Å². The molecule has 2 aromatic rings. The fourth-order valence-electron chi connectivity index (χ4n) is 2.84. The van der Waals surface area contributed by atoms with Crippen molar-refractivity contribution >= 4 is 23.5 Å². The minimum absolute atomic E-state index is 0.184. The van der Waals surface area contributed by atoms with E-state index in [1.807, 2.05) is 6.92 Å². The van der Waals surface area contributed by atoms with E-state index in [2.05, 4.69) is 0 Å². The number of esters is 1. The lowest BCUT2D eigenvalue weighted by atomic mass is 10.1. The zero-order valence-corrected chi connectivity index (χ0v) is 16.1. The van der Waals surface area contributed by atoms with Gasteiger partial charge in [-0.3, -0.25) is 10.1 Å². The molecule has 0 fully saturated rings. The second-order valence-electron chi connectivity index (χ2n) is 5.98. The molecule has 0 bridgehead atoms. The highest BCUT2D eigenvalue weighted by atomic mass is 16.6. The van der Waals surface area contributed by atoms with Crippen LogP contribution in [0.25, 0.3) is 11.8 Å².